The Balaban J connectivity index is 3.47. The van der Waals surface area contributed by atoms with E-state index < -0.39 is 77.6 Å². The average molecular weight is 821 g/mol. The molecule has 0 saturated heterocycles. The number of alkyl halides is 1. The predicted octanol–water partition coefficient (Wildman–Crippen LogP) is -1.24. The third-order valence-electron chi connectivity index (χ3n) is 4.62. The van der Waals surface area contributed by atoms with Crippen LogP contribution in [0, 0.1) is 5.92 Å². The van der Waals surface area contributed by atoms with Gasteiger partial charge in [-0.1, -0.05) is 22.6 Å². The second kappa shape index (κ2) is 14.2. The van der Waals surface area contributed by atoms with Gasteiger partial charge in [-0.2, -0.15) is 0 Å². The Hall–Kier alpha value is -0.610. The van der Waals surface area contributed by atoms with E-state index in [-0.39, 0.29) is 9.28 Å². The molecule has 0 aromatic carbocycles. The molecule has 3 atom stereocenters. The van der Waals surface area contributed by atoms with Crippen LogP contribution in [0.1, 0.15) is 13.8 Å². The zero-order valence-corrected chi connectivity index (χ0v) is 24.7. The maximum Gasteiger partial charge on any atom is 0.303 e. The summed E-state index contributed by atoms with van der Waals surface area (Å²) in [4.78, 5) is 50.1. The van der Waals surface area contributed by atoms with Crippen LogP contribution in [-0.4, -0.2) is 92.2 Å². The Labute approximate surface area is 236 Å². The van der Waals surface area contributed by atoms with Gasteiger partial charge in [0.2, 0.25) is 11.8 Å². The number of ether oxygens (including phenoxy) is 1. The van der Waals surface area contributed by atoms with Gasteiger partial charge >= 0.3 is 5.97 Å². The third-order valence-corrected chi connectivity index (χ3v) is 8.06. The molecule has 3 unspecified atom stereocenters. The van der Waals surface area contributed by atoms with Crippen molar-refractivity contribution in [3.63, 3.8) is 0 Å². The number of aliphatic hydroxyl groups is 4. The molecule has 1 aliphatic carbocycles. The number of aliphatic hydroxyl groups excluding tert-OH is 4. The Morgan fingerprint density at radius 3 is 2.00 bits per heavy atom. The van der Waals surface area contributed by atoms with Crippen LogP contribution >= 0.6 is 67.8 Å². The van der Waals surface area contributed by atoms with Crippen molar-refractivity contribution in [3.05, 3.63) is 18.9 Å². The number of rotatable bonds is 11. The van der Waals surface area contributed by atoms with Gasteiger partial charge in [-0.3, -0.25) is 19.2 Å². The van der Waals surface area contributed by atoms with E-state index in [1.165, 1.54) is 13.0 Å². The molecule has 0 heterocycles. The zero-order chi connectivity index (χ0) is 26.2. The first kappa shape index (κ1) is 31.4. The second-order valence-corrected chi connectivity index (χ2v) is 11.4. The molecule has 0 fully saturated rings. The van der Waals surface area contributed by atoms with E-state index in [2.05, 4.69) is 16.0 Å². The first-order valence-corrected chi connectivity index (χ1v) is 13.1. The Bertz CT molecular complexity index is 859. The molecule has 0 spiro atoms. The summed E-state index contributed by atoms with van der Waals surface area (Å²) in [6.07, 6.45) is 0.323. The summed E-state index contributed by atoms with van der Waals surface area (Å²) in [6.45, 7) is 0.359. The quantitative estimate of drug-likeness (QED) is 0.0759. The van der Waals surface area contributed by atoms with Crippen LogP contribution in [0.15, 0.2) is 18.9 Å². The molecule has 15 heteroatoms. The predicted molar refractivity (Wildman–Crippen MR) is 145 cm³/mol. The van der Waals surface area contributed by atoms with E-state index in [0.29, 0.717) is 3.58 Å². The van der Waals surface area contributed by atoms with Crippen LogP contribution in [0.25, 0.3) is 0 Å². The van der Waals surface area contributed by atoms with Gasteiger partial charge in [0.05, 0.1) is 50.1 Å². The van der Waals surface area contributed by atoms with E-state index in [4.69, 9.17) is 4.74 Å². The monoisotopic (exact) mass is 821 g/mol. The minimum absolute atomic E-state index is 0.218. The van der Waals surface area contributed by atoms with Gasteiger partial charge in [-0.05, 0) is 58.2 Å². The van der Waals surface area contributed by atoms with Gasteiger partial charge in [0.15, 0.2) is 6.10 Å². The summed E-state index contributed by atoms with van der Waals surface area (Å²) < 4.78 is 3.98. The molecule has 34 heavy (non-hydrogen) atoms. The highest BCUT2D eigenvalue weighted by atomic mass is 127. The Kier molecular flexibility index (Phi) is 13.1. The second-order valence-electron chi connectivity index (χ2n) is 7.26. The van der Waals surface area contributed by atoms with Crippen LogP contribution in [0.5, 0.6) is 0 Å². The lowest BCUT2D eigenvalue weighted by molar-refractivity contribution is -0.152. The standard InChI is InChI=1S/C19H26I3N3O9/c1-8(34-9(2)30)16(31)25-15-12(20)3-19(22,18(33)24-11(6-28)7-29)13(14(15)21)17(32)23-10(4-26)5-27/h3,8,10-11,13,26-29H,4-7H2,1-2H3,(H,23,32)(H,24,33)(H,25,31). The van der Waals surface area contributed by atoms with E-state index in [0.717, 1.165) is 6.92 Å². The number of hydrogen-bond donors (Lipinski definition) is 7. The molecule has 1 aliphatic rings. The number of hydrogen-bond acceptors (Lipinski definition) is 9. The fraction of sp³-hybridized carbons (Fsp3) is 0.579. The van der Waals surface area contributed by atoms with Gasteiger partial charge in [0, 0.05) is 14.1 Å². The Morgan fingerprint density at radius 1 is 1.03 bits per heavy atom. The van der Waals surface area contributed by atoms with Crippen molar-refractivity contribution in [3.8, 4) is 0 Å². The molecule has 12 nitrogen and oxygen atoms in total. The van der Waals surface area contributed by atoms with Gasteiger partial charge < -0.3 is 41.1 Å². The van der Waals surface area contributed by atoms with Gasteiger partial charge in [0.1, 0.15) is 3.42 Å². The van der Waals surface area contributed by atoms with Crippen molar-refractivity contribution in [1.29, 1.82) is 0 Å². The summed E-state index contributed by atoms with van der Waals surface area (Å²) in [6, 6.07) is -1.96. The van der Waals surface area contributed by atoms with Crippen molar-refractivity contribution in [2.45, 2.75) is 35.5 Å². The van der Waals surface area contributed by atoms with Crippen molar-refractivity contribution in [2.75, 3.05) is 26.4 Å². The van der Waals surface area contributed by atoms with E-state index in [1.807, 2.05) is 45.2 Å². The molecule has 7 N–H and O–H groups in total. The molecule has 0 radical (unpaired) electrons. The van der Waals surface area contributed by atoms with Crippen molar-refractivity contribution in [2.24, 2.45) is 5.92 Å². The molecule has 1 rings (SSSR count). The molecule has 3 amide bonds. The molecule has 0 aromatic heterocycles. The summed E-state index contributed by atoms with van der Waals surface area (Å²) in [5.74, 6) is -3.94. The normalized spacial score (nSPS) is 21.1. The van der Waals surface area contributed by atoms with E-state index >= 15 is 0 Å². The number of carbonyl (C=O) groups is 4. The fourth-order valence-corrected chi connectivity index (χ4v) is 7.70. The topological polar surface area (TPSA) is 195 Å². The highest BCUT2D eigenvalue weighted by Gasteiger charge is 2.51. The number of amides is 3. The highest BCUT2D eigenvalue weighted by Crippen LogP contribution is 2.47. The molecule has 0 saturated carbocycles. The molecular weight excluding hydrogens is 795 g/mol. The van der Waals surface area contributed by atoms with E-state index in [9.17, 15) is 39.6 Å². The third kappa shape index (κ3) is 7.95. The first-order chi connectivity index (χ1) is 15.9. The van der Waals surface area contributed by atoms with Crippen LogP contribution in [0.3, 0.4) is 0 Å². The largest absolute Gasteiger partial charge is 0.453 e. The molecule has 0 aliphatic heterocycles. The van der Waals surface area contributed by atoms with Gasteiger partial charge in [-0.25, -0.2) is 0 Å². The first-order valence-electron chi connectivity index (χ1n) is 9.86. The molecule has 192 valence electrons. The maximum absolute atomic E-state index is 13.2. The summed E-state index contributed by atoms with van der Waals surface area (Å²) in [5.41, 5.74) is 0.218. The Morgan fingerprint density at radius 2 is 1.53 bits per heavy atom. The maximum atomic E-state index is 13.2. The van der Waals surface area contributed by atoms with Crippen LogP contribution in [-0.2, 0) is 23.9 Å². The molecule has 0 aromatic rings. The summed E-state index contributed by atoms with van der Waals surface area (Å²) in [7, 11) is 0. The average Bonchev–Trinajstić information content (AvgIpc) is 2.77. The number of esters is 1. The minimum Gasteiger partial charge on any atom is -0.453 e. The molecular formula is C19H26I3N3O9. The molecule has 0 bridgehead atoms. The van der Waals surface area contributed by atoms with E-state index in [1.54, 1.807) is 22.6 Å². The summed E-state index contributed by atoms with van der Waals surface area (Å²) in [5, 5.41) is 45.0. The number of carbonyl (C=O) groups excluding carboxylic acids is 4. The summed E-state index contributed by atoms with van der Waals surface area (Å²) >= 11 is 5.47. The van der Waals surface area contributed by atoms with Gasteiger partial charge in [-0.15, -0.1) is 0 Å². The zero-order valence-electron chi connectivity index (χ0n) is 18.2. The fourth-order valence-electron chi connectivity index (χ4n) is 2.81. The lowest BCUT2D eigenvalue weighted by Gasteiger charge is -2.37. The number of nitrogens with one attached hydrogen (secondary N) is 3. The van der Waals surface area contributed by atoms with Crippen LogP contribution in [0.4, 0.5) is 0 Å². The minimum atomic E-state index is -1.57. The number of halogens is 3. The number of allylic oxidation sites excluding steroid dienone is 1. The highest BCUT2D eigenvalue weighted by molar-refractivity contribution is 14.1. The van der Waals surface area contributed by atoms with Crippen molar-refractivity contribution < 1.29 is 44.3 Å². The van der Waals surface area contributed by atoms with Crippen molar-refractivity contribution in [1.82, 2.24) is 16.0 Å². The lowest BCUT2D eigenvalue weighted by atomic mass is 9.85. The van der Waals surface area contributed by atoms with Crippen molar-refractivity contribution >= 4 is 91.5 Å². The van der Waals surface area contributed by atoms with Crippen LogP contribution in [0.2, 0.25) is 0 Å². The van der Waals surface area contributed by atoms with Crippen LogP contribution < -0.4 is 16.0 Å². The lowest BCUT2D eigenvalue weighted by Crippen LogP contribution is -2.57. The smallest absolute Gasteiger partial charge is 0.303 e. The van der Waals surface area contributed by atoms with Gasteiger partial charge in [0.25, 0.3) is 5.91 Å². The SMILES string of the molecule is CC(=O)OC(C)C(=O)NC1=C(I)C(C(=O)NC(CO)CO)C(I)(C(=O)NC(CO)CO)C=C1I.